The molecule has 124 valence electrons. The van der Waals surface area contributed by atoms with Gasteiger partial charge < -0.3 is 5.32 Å². The maximum absolute atomic E-state index is 12.3. The Labute approximate surface area is 139 Å². The van der Waals surface area contributed by atoms with Crippen LogP contribution in [-0.2, 0) is 9.59 Å². The Morgan fingerprint density at radius 2 is 2.00 bits per heavy atom. The fourth-order valence-electron chi connectivity index (χ4n) is 2.45. The number of carbonyl (C=O) groups is 2. The molecule has 8 nitrogen and oxygen atoms in total. The zero-order valence-electron chi connectivity index (χ0n) is 13.5. The minimum absolute atomic E-state index is 0.0803. The van der Waals surface area contributed by atoms with Crippen LogP contribution in [0.2, 0.25) is 0 Å². The van der Waals surface area contributed by atoms with Gasteiger partial charge in [-0.05, 0) is 24.6 Å². The Kier molecular flexibility index (Phi) is 4.37. The third kappa shape index (κ3) is 3.32. The summed E-state index contributed by atoms with van der Waals surface area (Å²) in [6.07, 6.45) is 3.78. The van der Waals surface area contributed by atoms with Gasteiger partial charge >= 0.3 is 0 Å². The predicted molar refractivity (Wildman–Crippen MR) is 87.4 cm³/mol. The number of amides is 2. The second-order valence-electron chi connectivity index (χ2n) is 5.59. The summed E-state index contributed by atoms with van der Waals surface area (Å²) in [4.78, 5) is 27.6. The second-order valence-corrected chi connectivity index (χ2v) is 5.59. The Balaban J connectivity index is 1.66. The van der Waals surface area contributed by atoms with E-state index in [4.69, 9.17) is 0 Å². The molecule has 1 aliphatic rings. The summed E-state index contributed by atoms with van der Waals surface area (Å²) in [5, 5.41) is 12.2. The van der Waals surface area contributed by atoms with Crippen molar-refractivity contribution in [2.75, 3.05) is 7.05 Å². The maximum atomic E-state index is 12.3. The summed E-state index contributed by atoms with van der Waals surface area (Å²) in [6, 6.07) is 7.52. The first kappa shape index (κ1) is 15.9. The normalized spacial score (nSPS) is 15.8. The van der Waals surface area contributed by atoms with Crippen LogP contribution < -0.4 is 5.32 Å². The van der Waals surface area contributed by atoms with Gasteiger partial charge in [-0.1, -0.05) is 12.1 Å². The number of nitrogens with zero attached hydrogens (tertiary/aromatic N) is 5. The second kappa shape index (κ2) is 6.61. The van der Waals surface area contributed by atoms with E-state index < -0.39 is 0 Å². The lowest BCUT2D eigenvalue weighted by atomic mass is 10.1. The summed E-state index contributed by atoms with van der Waals surface area (Å²) < 4.78 is 1.66. The van der Waals surface area contributed by atoms with E-state index in [0.717, 1.165) is 11.3 Å². The van der Waals surface area contributed by atoms with Crippen molar-refractivity contribution in [2.45, 2.75) is 25.8 Å². The van der Waals surface area contributed by atoms with Crippen molar-refractivity contribution in [3.8, 4) is 5.69 Å². The van der Waals surface area contributed by atoms with Crippen LogP contribution in [0.25, 0.3) is 5.69 Å². The van der Waals surface area contributed by atoms with Gasteiger partial charge in [-0.25, -0.2) is 14.7 Å². The zero-order valence-corrected chi connectivity index (χ0v) is 13.5. The van der Waals surface area contributed by atoms with E-state index in [1.807, 2.05) is 31.2 Å². The van der Waals surface area contributed by atoms with Crippen LogP contribution in [0.15, 0.2) is 42.0 Å². The Morgan fingerprint density at radius 1 is 1.25 bits per heavy atom. The van der Waals surface area contributed by atoms with Gasteiger partial charge in [0.25, 0.3) is 5.91 Å². The molecule has 2 amide bonds. The van der Waals surface area contributed by atoms with E-state index in [1.54, 1.807) is 18.1 Å². The molecule has 24 heavy (non-hydrogen) atoms. The molecule has 1 aliphatic heterocycles. The van der Waals surface area contributed by atoms with Crippen molar-refractivity contribution < 1.29 is 9.59 Å². The molecule has 0 radical (unpaired) electrons. The summed E-state index contributed by atoms with van der Waals surface area (Å²) in [5.74, 6) is -0.328. The van der Waals surface area contributed by atoms with E-state index in [0.29, 0.717) is 18.6 Å². The van der Waals surface area contributed by atoms with Crippen molar-refractivity contribution in [3.63, 3.8) is 0 Å². The first-order valence-corrected chi connectivity index (χ1v) is 7.64. The fraction of sp³-hybridized carbons (Fsp3) is 0.312. The lowest BCUT2D eigenvalue weighted by molar-refractivity contribution is -0.130. The third-order valence-electron chi connectivity index (χ3n) is 3.89. The van der Waals surface area contributed by atoms with E-state index in [2.05, 4.69) is 20.5 Å². The van der Waals surface area contributed by atoms with Crippen molar-refractivity contribution in [1.29, 1.82) is 0 Å². The molecule has 2 aromatic rings. The number of nitrogens with one attached hydrogen (secondary N) is 1. The Morgan fingerprint density at radius 3 is 2.62 bits per heavy atom. The number of hydrogen-bond acceptors (Lipinski definition) is 5. The van der Waals surface area contributed by atoms with Gasteiger partial charge in [0.1, 0.15) is 18.4 Å². The predicted octanol–water partition coefficient (Wildman–Crippen LogP) is 1.05. The lowest BCUT2D eigenvalue weighted by Crippen LogP contribution is -2.38. The van der Waals surface area contributed by atoms with Crippen molar-refractivity contribution >= 4 is 17.5 Å². The van der Waals surface area contributed by atoms with E-state index in [1.165, 1.54) is 11.3 Å². The highest BCUT2D eigenvalue weighted by atomic mass is 16.2. The van der Waals surface area contributed by atoms with Crippen LogP contribution in [0, 0.1) is 0 Å². The van der Waals surface area contributed by atoms with Crippen LogP contribution in [0.3, 0.4) is 0 Å². The Hall–Kier alpha value is -3.03. The SMILES string of the molecule is C[C@@H](NC(=O)C1=NN(C)C(=O)CC1)c1ccc(-n2cncn2)cc1. The number of rotatable bonds is 4. The first-order chi connectivity index (χ1) is 11.5. The molecule has 3 rings (SSSR count). The molecule has 8 heteroatoms. The third-order valence-corrected chi connectivity index (χ3v) is 3.89. The highest BCUT2D eigenvalue weighted by Crippen LogP contribution is 2.16. The van der Waals surface area contributed by atoms with Gasteiger partial charge in [-0.3, -0.25) is 9.59 Å². The van der Waals surface area contributed by atoms with Crippen LogP contribution in [-0.4, -0.2) is 44.3 Å². The highest BCUT2D eigenvalue weighted by Gasteiger charge is 2.23. The van der Waals surface area contributed by atoms with Crippen molar-refractivity contribution in [1.82, 2.24) is 25.1 Å². The summed E-state index contributed by atoms with van der Waals surface area (Å²) in [6.45, 7) is 1.90. The first-order valence-electron chi connectivity index (χ1n) is 7.64. The molecule has 1 atom stereocenters. The van der Waals surface area contributed by atoms with Gasteiger partial charge in [0.2, 0.25) is 5.91 Å². The maximum Gasteiger partial charge on any atom is 0.267 e. The van der Waals surface area contributed by atoms with Crippen LogP contribution >= 0.6 is 0 Å². The number of benzene rings is 1. The van der Waals surface area contributed by atoms with Crippen molar-refractivity contribution in [3.05, 3.63) is 42.5 Å². The molecule has 0 spiro atoms. The monoisotopic (exact) mass is 326 g/mol. The quantitative estimate of drug-likeness (QED) is 0.909. The number of hydrazone groups is 1. The summed E-state index contributed by atoms with van der Waals surface area (Å²) in [7, 11) is 1.56. The summed E-state index contributed by atoms with van der Waals surface area (Å²) >= 11 is 0. The molecule has 0 fully saturated rings. The molecule has 0 unspecified atom stereocenters. The zero-order chi connectivity index (χ0) is 17.1. The van der Waals surface area contributed by atoms with Crippen LogP contribution in [0.5, 0.6) is 0 Å². The van der Waals surface area contributed by atoms with Crippen molar-refractivity contribution in [2.24, 2.45) is 5.10 Å². The number of aromatic nitrogens is 3. The van der Waals surface area contributed by atoms with Crippen LogP contribution in [0.4, 0.5) is 0 Å². The molecule has 1 aromatic carbocycles. The topological polar surface area (TPSA) is 92.5 Å². The average Bonchev–Trinajstić information content (AvgIpc) is 3.12. The summed E-state index contributed by atoms with van der Waals surface area (Å²) in [5.41, 5.74) is 2.24. The molecule has 0 bridgehead atoms. The number of carbonyl (C=O) groups excluding carboxylic acids is 2. The van der Waals surface area contributed by atoms with Gasteiger partial charge in [0.15, 0.2) is 0 Å². The molecule has 2 heterocycles. The molecule has 1 N–H and O–H groups in total. The van der Waals surface area contributed by atoms with Gasteiger partial charge in [0, 0.05) is 19.9 Å². The standard InChI is InChI=1S/C16H18N6O2/c1-11(19-16(24)14-7-8-15(23)21(2)20-14)12-3-5-13(6-4-12)22-10-17-9-18-22/h3-6,9-11H,7-8H2,1-2H3,(H,19,24)/t11-/m1/s1. The highest BCUT2D eigenvalue weighted by molar-refractivity contribution is 6.39. The Bertz CT molecular complexity index is 766. The largest absolute Gasteiger partial charge is 0.344 e. The smallest absolute Gasteiger partial charge is 0.267 e. The molecule has 0 saturated heterocycles. The van der Waals surface area contributed by atoms with Gasteiger partial charge in [0.05, 0.1) is 11.7 Å². The van der Waals surface area contributed by atoms with E-state index in [-0.39, 0.29) is 17.9 Å². The van der Waals surface area contributed by atoms with Gasteiger partial charge in [-0.15, -0.1) is 0 Å². The molecular weight excluding hydrogens is 308 g/mol. The fourth-order valence-corrected chi connectivity index (χ4v) is 2.45. The van der Waals surface area contributed by atoms with E-state index in [9.17, 15) is 9.59 Å². The molecule has 0 saturated carbocycles. The minimum Gasteiger partial charge on any atom is -0.344 e. The minimum atomic E-state index is -0.248. The van der Waals surface area contributed by atoms with Gasteiger partial charge in [-0.2, -0.15) is 10.2 Å². The molecule has 0 aliphatic carbocycles. The van der Waals surface area contributed by atoms with Crippen LogP contribution in [0.1, 0.15) is 31.4 Å². The lowest BCUT2D eigenvalue weighted by Gasteiger charge is -2.21. The molecule has 1 aromatic heterocycles. The average molecular weight is 326 g/mol. The number of hydrogen-bond donors (Lipinski definition) is 1. The molecular formula is C16H18N6O2. The van der Waals surface area contributed by atoms with E-state index >= 15 is 0 Å².